The zero-order chi connectivity index (χ0) is 15.8. The van der Waals surface area contributed by atoms with Crippen molar-refractivity contribution in [3.63, 3.8) is 0 Å². The van der Waals surface area contributed by atoms with Gasteiger partial charge < -0.3 is 10.4 Å². The van der Waals surface area contributed by atoms with Crippen LogP contribution in [0.4, 0.5) is 18.3 Å². The van der Waals surface area contributed by atoms with Crippen molar-refractivity contribution in [1.29, 1.82) is 0 Å². The molecule has 0 aliphatic heterocycles. The lowest BCUT2D eigenvalue weighted by molar-refractivity contribution is -0.199. The van der Waals surface area contributed by atoms with E-state index in [-0.39, 0.29) is 19.4 Å². The summed E-state index contributed by atoms with van der Waals surface area (Å²) in [6, 6.07) is 7.61. The minimum Gasteiger partial charge on any atom is -0.388 e. The van der Waals surface area contributed by atoms with E-state index in [1.54, 1.807) is 0 Å². The Morgan fingerprint density at radius 2 is 2.14 bits per heavy atom. The molecular weight excluding hydrogens is 313 g/mol. The summed E-state index contributed by atoms with van der Waals surface area (Å²) >= 11 is 1.44. The molecule has 3 nitrogen and oxygen atoms in total. The lowest BCUT2D eigenvalue weighted by Gasteiger charge is -2.37. The molecule has 1 aromatic carbocycles. The average Bonchev–Trinajstić information content (AvgIpc) is 2.87. The van der Waals surface area contributed by atoms with Gasteiger partial charge in [0.25, 0.3) is 0 Å². The number of halogens is 3. The normalized spacial score (nSPS) is 26.3. The van der Waals surface area contributed by atoms with Gasteiger partial charge in [0.2, 0.25) is 0 Å². The van der Waals surface area contributed by atoms with E-state index in [9.17, 15) is 18.3 Å². The molecule has 2 N–H and O–H groups in total. The Morgan fingerprint density at radius 1 is 1.36 bits per heavy atom. The Balaban J connectivity index is 1.66. The van der Waals surface area contributed by atoms with E-state index in [4.69, 9.17) is 0 Å². The average molecular weight is 330 g/mol. The summed E-state index contributed by atoms with van der Waals surface area (Å²) in [4.78, 5) is 4.37. The molecule has 1 aromatic heterocycles. The van der Waals surface area contributed by atoms with Gasteiger partial charge in [-0.15, -0.1) is 0 Å². The molecule has 0 spiro atoms. The van der Waals surface area contributed by atoms with Crippen molar-refractivity contribution >= 4 is 26.7 Å². The molecule has 22 heavy (non-hydrogen) atoms. The number of anilines is 1. The number of rotatable bonds is 3. The highest BCUT2D eigenvalue weighted by molar-refractivity contribution is 7.22. The number of alkyl halides is 3. The summed E-state index contributed by atoms with van der Waals surface area (Å²) in [5.74, 6) is -1.41. The van der Waals surface area contributed by atoms with Gasteiger partial charge in [0.1, 0.15) is 0 Å². The number of thiazole rings is 1. The van der Waals surface area contributed by atoms with E-state index in [0.717, 1.165) is 10.2 Å². The first-order valence-electron chi connectivity index (χ1n) is 7.24. The third-order valence-corrected chi connectivity index (χ3v) is 5.14. The summed E-state index contributed by atoms with van der Waals surface area (Å²) in [6.07, 6.45) is -3.59. The molecule has 2 atom stereocenters. The largest absolute Gasteiger partial charge is 0.391 e. The Morgan fingerprint density at radius 3 is 2.86 bits per heavy atom. The molecule has 1 heterocycles. The molecule has 7 heteroatoms. The summed E-state index contributed by atoms with van der Waals surface area (Å²) in [7, 11) is 0. The number of nitrogens with zero attached hydrogens (tertiary/aromatic N) is 1. The smallest absolute Gasteiger partial charge is 0.388 e. The first kappa shape index (κ1) is 15.6. The van der Waals surface area contributed by atoms with E-state index in [1.165, 1.54) is 11.3 Å². The predicted octanol–water partition coefficient (Wildman–Crippen LogP) is 4.19. The van der Waals surface area contributed by atoms with Crippen molar-refractivity contribution < 1.29 is 18.3 Å². The third kappa shape index (κ3) is 3.35. The maximum atomic E-state index is 12.8. The second-order valence-corrected chi connectivity index (χ2v) is 6.93. The summed E-state index contributed by atoms with van der Waals surface area (Å²) in [5, 5.41) is 14.1. The highest BCUT2D eigenvalue weighted by Gasteiger charge is 2.46. The van der Waals surface area contributed by atoms with Crippen LogP contribution < -0.4 is 5.32 Å². The van der Waals surface area contributed by atoms with Crippen LogP contribution >= 0.6 is 11.3 Å². The highest BCUT2D eigenvalue weighted by atomic mass is 32.1. The Bertz CT molecular complexity index is 625. The van der Waals surface area contributed by atoms with Crippen LogP contribution in [0, 0.1) is 5.92 Å². The standard InChI is InChI=1S/C15H17F3N2OS/c16-15(17,18)10-4-3-7-14(21,8-10)9-19-13-20-11-5-1-2-6-12(11)22-13/h1-2,5-6,10,21H,3-4,7-9H2,(H,19,20). The van der Waals surface area contributed by atoms with E-state index in [2.05, 4.69) is 10.3 Å². The van der Waals surface area contributed by atoms with Crippen LogP contribution in [0.25, 0.3) is 10.2 Å². The zero-order valence-electron chi connectivity index (χ0n) is 11.9. The van der Waals surface area contributed by atoms with Gasteiger partial charge in [0.05, 0.1) is 21.7 Å². The van der Waals surface area contributed by atoms with Crippen molar-refractivity contribution in [2.24, 2.45) is 5.92 Å². The Hall–Kier alpha value is -1.34. The van der Waals surface area contributed by atoms with Crippen molar-refractivity contribution in [3.05, 3.63) is 24.3 Å². The van der Waals surface area contributed by atoms with Gasteiger partial charge >= 0.3 is 6.18 Å². The van der Waals surface area contributed by atoms with E-state index >= 15 is 0 Å². The van der Waals surface area contributed by atoms with E-state index in [0.29, 0.717) is 18.0 Å². The number of hydrogen-bond donors (Lipinski definition) is 2. The second kappa shape index (κ2) is 5.70. The van der Waals surface area contributed by atoms with Gasteiger partial charge in [-0.3, -0.25) is 0 Å². The molecule has 0 saturated heterocycles. The van der Waals surface area contributed by atoms with Gasteiger partial charge in [0, 0.05) is 6.54 Å². The fourth-order valence-corrected chi connectivity index (χ4v) is 3.83. The van der Waals surface area contributed by atoms with Gasteiger partial charge in [-0.05, 0) is 37.8 Å². The summed E-state index contributed by atoms with van der Waals surface area (Å²) in [6.45, 7) is 0.0966. The quantitative estimate of drug-likeness (QED) is 0.887. The number of aliphatic hydroxyl groups is 1. The SMILES string of the molecule is OC1(CNc2nc3ccccc3s2)CCCC(C(F)(F)F)C1. The number of aromatic nitrogens is 1. The van der Waals surface area contributed by atoms with Gasteiger partial charge in [-0.1, -0.05) is 23.5 Å². The Labute approximate surface area is 130 Å². The van der Waals surface area contributed by atoms with Crippen molar-refractivity contribution in [1.82, 2.24) is 4.98 Å². The number of benzene rings is 1. The van der Waals surface area contributed by atoms with Crippen LogP contribution in [0.3, 0.4) is 0 Å². The van der Waals surface area contributed by atoms with Crippen LogP contribution in [0.1, 0.15) is 25.7 Å². The molecule has 2 unspecified atom stereocenters. The minimum atomic E-state index is -4.23. The van der Waals surface area contributed by atoms with Crippen LogP contribution in [0.5, 0.6) is 0 Å². The van der Waals surface area contributed by atoms with Crippen molar-refractivity contribution in [2.45, 2.75) is 37.5 Å². The topological polar surface area (TPSA) is 45.1 Å². The number of fused-ring (bicyclic) bond motifs is 1. The molecule has 1 fully saturated rings. The first-order chi connectivity index (χ1) is 10.4. The zero-order valence-corrected chi connectivity index (χ0v) is 12.7. The molecule has 120 valence electrons. The molecule has 0 amide bonds. The van der Waals surface area contributed by atoms with Crippen LogP contribution in [0.2, 0.25) is 0 Å². The molecule has 1 aliphatic carbocycles. The van der Waals surface area contributed by atoms with Gasteiger partial charge in [0.15, 0.2) is 5.13 Å². The lowest BCUT2D eigenvalue weighted by atomic mass is 9.77. The fourth-order valence-electron chi connectivity index (χ4n) is 2.97. The Kier molecular flexibility index (Phi) is 4.03. The third-order valence-electron chi connectivity index (χ3n) is 4.15. The van der Waals surface area contributed by atoms with Crippen LogP contribution in [-0.4, -0.2) is 28.4 Å². The molecule has 3 rings (SSSR count). The van der Waals surface area contributed by atoms with Crippen molar-refractivity contribution in [2.75, 3.05) is 11.9 Å². The number of nitrogens with one attached hydrogen (secondary N) is 1. The van der Waals surface area contributed by atoms with Crippen LogP contribution in [-0.2, 0) is 0 Å². The first-order valence-corrected chi connectivity index (χ1v) is 8.06. The van der Waals surface area contributed by atoms with E-state index in [1.807, 2.05) is 24.3 Å². The summed E-state index contributed by atoms with van der Waals surface area (Å²) < 4.78 is 39.5. The molecule has 2 aromatic rings. The van der Waals surface area contributed by atoms with Crippen LogP contribution in [0.15, 0.2) is 24.3 Å². The fraction of sp³-hybridized carbons (Fsp3) is 0.533. The summed E-state index contributed by atoms with van der Waals surface area (Å²) in [5.41, 5.74) is -0.477. The van der Waals surface area contributed by atoms with Crippen molar-refractivity contribution in [3.8, 4) is 0 Å². The molecule has 1 saturated carbocycles. The molecule has 1 aliphatic rings. The van der Waals surface area contributed by atoms with Gasteiger partial charge in [-0.2, -0.15) is 13.2 Å². The maximum absolute atomic E-state index is 12.8. The molecular formula is C15H17F3N2OS. The van der Waals surface area contributed by atoms with E-state index < -0.39 is 17.7 Å². The second-order valence-electron chi connectivity index (χ2n) is 5.90. The minimum absolute atomic E-state index is 0.0966. The number of hydrogen-bond acceptors (Lipinski definition) is 4. The molecule has 0 radical (unpaired) electrons. The molecule has 0 bridgehead atoms. The number of para-hydroxylation sites is 1. The highest BCUT2D eigenvalue weighted by Crippen LogP contribution is 2.42. The maximum Gasteiger partial charge on any atom is 0.391 e. The predicted molar refractivity (Wildman–Crippen MR) is 81.1 cm³/mol. The van der Waals surface area contributed by atoms with Gasteiger partial charge in [-0.25, -0.2) is 4.98 Å². The lowest BCUT2D eigenvalue weighted by Crippen LogP contribution is -2.45. The monoisotopic (exact) mass is 330 g/mol.